The summed E-state index contributed by atoms with van der Waals surface area (Å²) in [6.07, 6.45) is 1.07. The van der Waals surface area contributed by atoms with Crippen molar-refractivity contribution in [2.24, 2.45) is 0 Å². The van der Waals surface area contributed by atoms with Crippen LogP contribution in [0.15, 0.2) is 24.3 Å². The van der Waals surface area contributed by atoms with E-state index in [-0.39, 0.29) is 0 Å². The van der Waals surface area contributed by atoms with Crippen LogP contribution in [0.1, 0.15) is 18.9 Å². The zero-order chi connectivity index (χ0) is 10.2. The standard InChI is InChI=1S/C11H17NO2/c1-3-8-12-14-9-10-4-6-11(13-2)7-5-10/h4-7,12H,3,8-9H2,1-2H3. The predicted octanol–water partition coefficient (Wildman–Crippen LogP) is 2.13. The van der Waals surface area contributed by atoms with Gasteiger partial charge in [-0.3, -0.25) is 4.84 Å². The topological polar surface area (TPSA) is 30.5 Å². The molecule has 14 heavy (non-hydrogen) atoms. The summed E-state index contributed by atoms with van der Waals surface area (Å²) < 4.78 is 5.06. The largest absolute Gasteiger partial charge is 0.497 e. The summed E-state index contributed by atoms with van der Waals surface area (Å²) in [5.74, 6) is 0.871. The average Bonchev–Trinajstić information content (AvgIpc) is 2.25. The number of nitrogens with one attached hydrogen (secondary N) is 1. The molecule has 78 valence electrons. The molecule has 0 unspecified atom stereocenters. The molecule has 0 bridgehead atoms. The SMILES string of the molecule is CCCNOCc1ccc(OC)cc1. The van der Waals surface area contributed by atoms with Gasteiger partial charge in [0.1, 0.15) is 5.75 Å². The first-order valence-corrected chi connectivity index (χ1v) is 4.84. The van der Waals surface area contributed by atoms with Crippen molar-refractivity contribution in [2.75, 3.05) is 13.7 Å². The minimum Gasteiger partial charge on any atom is -0.497 e. The second-order valence-electron chi connectivity index (χ2n) is 3.03. The maximum Gasteiger partial charge on any atom is 0.118 e. The van der Waals surface area contributed by atoms with Gasteiger partial charge in [-0.2, -0.15) is 0 Å². The van der Waals surface area contributed by atoms with Crippen LogP contribution in [-0.2, 0) is 11.4 Å². The Morgan fingerprint density at radius 2 is 1.93 bits per heavy atom. The third kappa shape index (κ3) is 3.77. The highest BCUT2D eigenvalue weighted by molar-refractivity contribution is 5.26. The highest BCUT2D eigenvalue weighted by Gasteiger charge is 1.93. The Kier molecular flexibility index (Phi) is 5.04. The van der Waals surface area contributed by atoms with Crippen molar-refractivity contribution in [3.8, 4) is 5.75 Å². The molecular formula is C11H17NO2. The molecule has 0 aliphatic rings. The summed E-state index contributed by atoms with van der Waals surface area (Å²) in [5, 5.41) is 0. The lowest BCUT2D eigenvalue weighted by atomic mass is 10.2. The van der Waals surface area contributed by atoms with E-state index in [0.29, 0.717) is 6.61 Å². The Labute approximate surface area is 85.0 Å². The van der Waals surface area contributed by atoms with Crippen LogP contribution in [0.4, 0.5) is 0 Å². The predicted molar refractivity (Wildman–Crippen MR) is 56.1 cm³/mol. The van der Waals surface area contributed by atoms with Crippen LogP contribution in [0.25, 0.3) is 0 Å². The normalized spacial score (nSPS) is 10.1. The number of rotatable bonds is 6. The van der Waals surface area contributed by atoms with Gasteiger partial charge in [-0.05, 0) is 24.1 Å². The van der Waals surface area contributed by atoms with Crippen LogP contribution in [0.3, 0.4) is 0 Å². The van der Waals surface area contributed by atoms with E-state index in [2.05, 4.69) is 12.4 Å². The van der Waals surface area contributed by atoms with E-state index in [9.17, 15) is 0 Å². The smallest absolute Gasteiger partial charge is 0.118 e. The molecule has 0 radical (unpaired) electrons. The van der Waals surface area contributed by atoms with Crippen molar-refractivity contribution in [1.29, 1.82) is 0 Å². The maximum absolute atomic E-state index is 5.24. The molecule has 1 aromatic carbocycles. The fraction of sp³-hybridized carbons (Fsp3) is 0.455. The summed E-state index contributed by atoms with van der Waals surface area (Å²) in [6.45, 7) is 3.57. The van der Waals surface area contributed by atoms with Crippen molar-refractivity contribution < 1.29 is 9.57 Å². The van der Waals surface area contributed by atoms with Gasteiger partial charge in [0.05, 0.1) is 13.7 Å². The molecule has 1 aromatic rings. The Bertz CT molecular complexity index is 246. The molecule has 0 fully saturated rings. The second kappa shape index (κ2) is 6.40. The van der Waals surface area contributed by atoms with Crippen LogP contribution in [0, 0.1) is 0 Å². The number of hydrogen-bond donors (Lipinski definition) is 1. The van der Waals surface area contributed by atoms with Crippen LogP contribution >= 0.6 is 0 Å². The molecule has 0 amide bonds. The van der Waals surface area contributed by atoms with Gasteiger partial charge in [0.15, 0.2) is 0 Å². The van der Waals surface area contributed by atoms with Crippen LogP contribution in [0.5, 0.6) is 5.75 Å². The Balaban J connectivity index is 2.29. The van der Waals surface area contributed by atoms with E-state index in [4.69, 9.17) is 9.57 Å². The first-order chi connectivity index (χ1) is 6.86. The number of methoxy groups -OCH3 is 1. The van der Waals surface area contributed by atoms with E-state index in [0.717, 1.165) is 24.3 Å². The van der Waals surface area contributed by atoms with Gasteiger partial charge in [-0.1, -0.05) is 19.1 Å². The second-order valence-corrected chi connectivity index (χ2v) is 3.03. The van der Waals surface area contributed by atoms with Crippen molar-refractivity contribution in [3.05, 3.63) is 29.8 Å². The number of hydroxylamine groups is 1. The molecule has 1 N–H and O–H groups in total. The molecular weight excluding hydrogens is 178 g/mol. The van der Waals surface area contributed by atoms with Gasteiger partial charge in [0, 0.05) is 6.54 Å². The molecule has 3 heteroatoms. The summed E-state index contributed by atoms with van der Waals surface area (Å²) in [7, 11) is 1.66. The van der Waals surface area contributed by atoms with Crippen LogP contribution < -0.4 is 10.2 Å². The lowest BCUT2D eigenvalue weighted by Crippen LogP contribution is -2.14. The summed E-state index contributed by atoms with van der Waals surface area (Å²) in [5.41, 5.74) is 4.01. The van der Waals surface area contributed by atoms with E-state index < -0.39 is 0 Å². The lowest BCUT2D eigenvalue weighted by molar-refractivity contribution is 0.0282. The van der Waals surface area contributed by atoms with Crippen molar-refractivity contribution in [3.63, 3.8) is 0 Å². The molecule has 0 atom stereocenters. The van der Waals surface area contributed by atoms with Crippen molar-refractivity contribution >= 4 is 0 Å². The zero-order valence-corrected chi connectivity index (χ0v) is 8.75. The molecule has 3 nitrogen and oxygen atoms in total. The summed E-state index contributed by atoms with van der Waals surface area (Å²) in [6, 6.07) is 7.84. The van der Waals surface area contributed by atoms with E-state index in [1.54, 1.807) is 7.11 Å². The number of ether oxygens (including phenoxy) is 1. The van der Waals surface area contributed by atoms with E-state index >= 15 is 0 Å². The van der Waals surface area contributed by atoms with Crippen molar-refractivity contribution in [1.82, 2.24) is 5.48 Å². The van der Waals surface area contributed by atoms with Gasteiger partial charge < -0.3 is 4.74 Å². The third-order valence-corrected chi connectivity index (χ3v) is 1.85. The monoisotopic (exact) mass is 195 g/mol. The summed E-state index contributed by atoms with van der Waals surface area (Å²) >= 11 is 0. The Hall–Kier alpha value is -1.06. The minimum absolute atomic E-state index is 0.587. The molecule has 0 heterocycles. The Morgan fingerprint density at radius 1 is 1.21 bits per heavy atom. The van der Waals surface area contributed by atoms with Gasteiger partial charge in [-0.25, -0.2) is 5.48 Å². The maximum atomic E-state index is 5.24. The molecule has 0 aliphatic heterocycles. The fourth-order valence-electron chi connectivity index (χ4n) is 1.03. The van der Waals surface area contributed by atoms with Gasteiger partial charge in [-0.15, -0.1) is 0 Å². The quantitative estimate of drug-likeness (QED) is 0.557. The first kappa shape index (κ1) is 11.0. The molecule has 1 rings (SSSR count). The van der Waals surface area contributed by atoms with Gasteiger partial charge in [0.2, 0.25) is 0 Å². The van der Waals surface area contributed by atoms with E-state index in [1.165, 1.54) is 0 Å². The van der Waals surface area contributed by atoms with Gasteiger partial charge in [0.25, 0.3) is 0 Å². The highest BCUT2D eigenvalue weighted by atomic mass is 16.6. The fourth-order valence-corrected chi connectivity index (χ4v) is 1.03. The molecule has 0 aliphatic carbocycles. The molecule has 0 saturated carbocycles. The van der Waals surface area contributed by atoms with Crippen LogP contribution in [-0.4, -0.2) is 13.7 Å². The summed E-state index contributed by atoms with van der Waals surface area (Å²) in [4.78, 5) is 5.24. The van der Waals surface area contributed by atoms with E-state index in [1.807, 2.05) is 24.3 Å². The first-order valence-electron chi connectivity index (χ1n) is 4.84. The number of hydrogen-bond acceptors (Lipinski definition) is 3. The number of benzene rings is 1. The van der Waals surface area contributed by atoms with Crippen molar-refractivity contribution in [2.45, 2.75) is 20.0 Å². The molecule has 0 aromatic heterocycles. The zero-order valence-electron chi connectivity index (χ0n) is 8.75. The molecule has 0 saturated heterocycles. The Morgan fingerprint density at radius 3 is 2.50 bits per heavy atom. The average molecular weight is 195 g/mol. The lowest BCUT2D eigenvalue weighted by Gasteiger charge is -2.05. The molecule has 0 spiro atoms. The third-order valence-electron chi connectivity index (χ3n) is 1.85. The minimum atomic E-state index is 0.587. The van der Waals surface area contributed by atoms with Crippen LogP contribution in [0.2, 0.25) is 0 Å². The van der Waals surface area contributed by atoms with Gasteiger partial charge >= 0.3 is 0 Å². The highest BCUT2D eigenvalue weighted by Crippen LogP contribution is 2.11.